The van der Waals surface area contributed by atoms with Crippen molar-refractivity contribution >= 4 is 29.2 Å². The van der Waals surface area contributed by atoms with E-state index in [4.69, 9.17) is 0 Å². The van der Waals surface area contributed by atoms with E-state index in [1.54, 1.807) is 28.4 Å². The van der Waals surface area contributed by atoms with Crippen molar-refractivity contribution in [2.45, 2.75) is 19.4 Å². The van der Waals surface area contributed by atoms with E-state index in [-0.39, 0.29) is 24.4 Å². The molecule has 0 fully saturated rings. The molecule has 33 heavy (non-hydrogen) atoms. The fourth-order valence-corrected chi connectivity index (χ4v) is 5.08. The van der Waals surface area contributed by atoms with Crippen LogP contribution in [-0.4, -0.2) is 41.2 Å². The van der Waals surface area contributed by atoms with E-state index >= 15 is 0 Å². The molecular weight excluding hydrogens is 428 g/mol. The number of carbonyl (C=O) groups is 2. The average Bonchev–Trinajstić information content (AvgIpc) is 3.32. The van der Waals surface area contributed by atoms with Gasteiger partial charge in [0.05, 0.1) is 6.04 Å². The van der Waals surface area contributed by atoms with Crippen LogP contribution in [0.2, 0.25) is 0 Å². The van der Waals surface area contributed by atoms with Gasteiger partial charge in [-0.1, -0.05) is 66.2 Å². The lowest BCUT2D eigenvalue weighted by atomic mass is 9.92. The van der Waals surface area contributed by atoms with Crippen LogP contribution in [-0.2, 0) is 16.0 Å². The highest BCUT2D eigenvalue weighted by atomic mass is 32.1. The lowest BCUT2D eigenvalue weighted by molar-refractivity contribution is -0.139. The molecule has 0 bridgehead atoms. The lowest BCUT2D eigenvalue weighted by Crippen LogP contribution is -2.46. The molecule has 0 aliphatic carbocycles. The molecule has 5 heteroatoms. The van der Waals surface area contributed by atoms with Crippen LogP contribution >= 0.6 is 11.3 Å². The maximum absolute atomic E-state index is 13.5. The maximum atomic E-state index is 13.5. The Bertz CT molecular complexity index is 1150. The van der Waals surface area contributed by atoms with Crippen LogP contribution < -0.4 is 0 Å². The molecule has 3 aromatic rings. The minimum absolute atomic E-state index is 0.0197. The third kappa shape index (κ3) is 5.32. The Kier molecular flexibility index (Phi) is 7.20. The van der Waals surface area contributed by atoms with Crippen molar-refractivity contribution in [3.63, 3.8) is 0 Å². The van der Waals surface area contributed by atoms with Crippen LogP contribution in [0.3, 0.4) is 0 Å². The van der Waals surface area contributed by atoms with Crippen molar-refractivity contribution in [1.29, 1.82) is 0 Å². The fraction of sp³-hybridized carbons (Fsp3) is 0.214. The summed E-state index contributed by atoms with van der Waals surface area (Å²) in [6, 6.07) is 20.0. The topological polar surface area (TPSA) is 40.6 Å². The second-order valence-electron chi connectivity index (χ2n) is 8.20. The predicted molar refractivity (Wildman–Crippen MR) is 135 cm³/mol. The van der Waals surface area contributed by atoms with E-state index in [0.29, 0.717) is 13.1 Å². The molecule has 1 aliphatic heterocycles. The van der Waals surface area contributed by atoms with Crippen LogP contribution in [0.25, 0.3) is 6.08 Å². The van der Waals surface area contributed by atoms with Gasteiger partial charge in [0.1, 0.15) is 6.54 Å². The van der Waals surface area contributed by atoms with Crippen LogP contribution in [0.5, 0.6) is 0 Å². The molecule has 4 rings (SSSR count). The number of aryl methyl sites for hydroxylation is 1. The summed E-state index contributed by atoms with van der Waals surface area (Å²) < 4.78 is 0. The molecule has 168 valence electrons. The number of carbonyl (C=O) groups excluding carboxylic acids is 2. The smallest absolute Gasteiger partial charge is 0.247 e. The van der Waals surface area contributed by atoms with Gasteiger partial charge >= 0.3 is 0 Å². The molecule has 1 atom stereocenters. The van der Waals surface area contributed by atoms with Gasteiger partial charge in [0.2, 0.25) is 11.8 Å². The van der Waals surface area contributed by atoms with Crippen molar-refractivity contribution < 1.29 is 9.59 Å². The standard InChI is InChI=1S/C28H28N2O2S/c1-3-17-29(26(31)14-11-22-7-5-4-6-8-22)20-27(32)30-18-15-25-24(16-19-33-25)28(30)23-12-9-21(2)10-13-23/h3-14,16,19,28H,1,15,17-18,20H2,2H3/b14-11+. The second kappa shape index (κ2) is 10.5. The molecule has 0 N–H and O–H groups in total. The molecule has 2 heterocycles. The minimum Gasteiger partial charge on any atom is -0.330 e. The van der Waals surface area contributed by atoms with Crippen molar-refractivity contribution in [2.24, 2.45) is 0 Å². The summed E-state index contributed by atoms with van der Waals surface area (Å²) in [5, 5.41) is 2.10. The number of hydrogen-bond acceptors (Lipinski definition) is 3. The molecule has 2 aromatic carbocycles. The highest BCUT2D eigenvalue weighted by molar-refractivity contribution is 7.10. The Morgan fingerprint density at radius 3 is 2.61 bits per heavy atom. The number of nitrogens with zero attached hydrogens (tertiary/aromatic N) is 2. The van der Waals surface area contributed by atoms with E-state index in [1.807, 2.05) is 35.2 Å². The molecule has 1 unspecified atom stereocenters. The van der Waals surface area contributed by atoms with E-state index < -0.39 is 0 Å². The van der Waals surface area contributed by atoms with Crippen LogP contribution in [0.1, 0.15) is 33.2 Å². The normalized spacial score (nSPS) is 15.3. The summed E-state index contributed by atoms with van der Waals surface area (Å²) in [6.45, 7) is 6.81. The second-order valence-corrected chi connectivity index (χ2v) is 9.20. The first-order valence-corrected chi connectivity index (χ1v) is 12.0. The number of hydrogen-bond donors (Lipinski definition) is 0. The van der Waals surface area contributed by atoms with Gasteiger partial charge in [-0.25, -0.2) is 0 Å². The first kappa shape index (κ1) is 22.7. The first-order valence-electron chi connectivity index (χ1n) is 11.1. The van der Waals surface area contributed by atoms with E-state index in [9.17, 15) is 9.59 Å². The van der Waals surface area contributed by atoms with E-state index in [1.165, 1.54) is 22.1 Å². The molecular formula is C28H28N2O2S. The van der Waals surface area contributed by atoms with Gasteiger partial charge in [-0.2, -0.15) is 0 Å². The van der Waals surface area contributed by atoms with Gasteiger partial charge in [0, 0.05) is 24.0 Å². The molecule has 0 saturated heterocycles. The maximum Gasteiger partial charge on any atom is 0.247 e. The monoisotopic (exact) mass is 456 g/mol. The number of amides is 2. The molecule has 0 spiro atoms. The van der Waals surface area contributed by atoms with Crippen molar-refractivity contribution in [3.8, 4) is 0 Å². The Balaban J connectivity index is 1.55. The number of thiophene rings is 1. The number of fused-ring (bicyclic) bond motifs is 1. The summed E-state index contributed by atoms with van der Waals surface area (Å²) in [5.74, 6) is -0.257. The first-order chi connectivity index (χ1) is 16.1. The van der Waals surface area contributed by atoms with Crippen molar-refractivity contribution in [1.82, 2.24) is 9.80 Å². The summed E-state index contributed by atoms with van der Waals surface area (Å²) in [4.78, 5) is 31.2. The highest BCUT2D eigenvalue weighted by Crippen LogP contribution is 2.37. The SMILES string of the molecule is C=CCN(CC(=O)N1CCc2sccc2C1c1ccc(C)cc1)C(=O)/C=C/c1ccccc1. The van der Waals surface area contributed by atoms with Gasteiger partial charge in [-0.3, -0.25) is 9.59 Å². The zero-order valence-electron chi connectivity index (χ0n) is 18.8. The molecule has 4 nitrogen and oxygen atoms in total. The number of rotatable bonds is 7. The quantitative estimate of drug-likeness (QED) is 0.359. The van der Waals surface area contributed by atoms with Crippen molar-refractivity contribution in [2.75, 3.05) is 19.6 Å². The molecule has 1 aliphatic rings. The Labute approximate surface area is 199 Å². The lowest BCUT2D eigenvalue weighted by Gasteiger charge is -2.37. The van der Waals surface area contributed by atoms with Crippen LogP contribution in [0.15, 0.2) is 84.8 Å². The Morgan fingerprint density at radius 2 is 1.88 bits per heavy atom. The van der Waals surface area contributed by atoms with Crippen LogP contribution in [0, 0.1) is 6.92 Å². The van der Waals surface area contributed by atoms with E-state index in [2.05, 4.69) is 49.2 Å². The molecule has 2 amide bonds. The molecule has 1 aromatic heterocycles. The average molecular weight is 457 g/mol. The summed E-state index contributed by atoms with van der Waals surface area (Å²) in [5.41, 5.74) is 4.41. The van der Waals surface area contributed by atoms with E-state index in [0.717, 1.165) is 17.5 Å². The van der Waals surface area contributed by atoms with Gasteiger partial charge in [0.25, 0.3) is 0 Å². The van der Waals surface area contributed by atoms with Gasteiger partial charge in [0.15, 0.2) is 0 Å². The summed E-state index contributed by atoms with van der Waals surface area (Å²) in [6.07, 6.45) is 5.80. The summed E-state index contributed by atoms with van der Waals surface area (Å²) in [7, 11) is 0. The number of benzene rings is 2. The minimum atomic E-state index is -0.202. The van der Waals surface area contributed by atoms with Crippen LogP contribution in [0.4, 0.5) is 0 Å². The molecule has 0 saturated carbocycles. The third-order valence-electron chi connectivity index (χ3n) is 5.88. The predicted octanol–water partition coefficient (Wildman–Crippen LogP) is 5.26. The largest absolute Gasteiger partial charge is 0.330 e. The zero-order chi connectivity index (χ0) is 23.2. The fourth-order valence-electron chi connectivity index (χ4n) is 4.17. The Morgan fingerprint density at radius 1 is 1.12 bits per heavy atom. The van der Waals surface area contributed by atoms with Gasteiger partial charge in [-0.15, -0.1) is 17.9 Å². The van der Waals surface area contributed by atoms with Gasteiger partial charge in [-0.05, 0) is 47.6 Å². The van der Waals surface area contributed by atoms with Gasteiger partial charge < -0.3 is 9.80 Å². The zero-order valence-corrected chi connectivity index (χ0v) is 19.6. The van der Waals surface area contributed by atoms with Crippen molar-refractivity contribution in [3.05, 3.63) is 112 Å². The highest BCUT2D eigenvalue weighted by Gasteiger charge is 2.33. The molecule has 0 radical (unpaired) electrons. The third-order valence-corrected chi connectivity index (χ3v) is 6.88. The Hall–Kier alpha value is -3.44. The summed E-state index contributed by atoms with van der Waals surface area (Å²) >= 11 is 1.75.